The van der Waals surface area contributed by atoms with E-state index in [4.69, 9.17) is 0 Å². The van der Waals surface area contributed by atoms with Gasteiger partial charge in [-0.1, -0.05) is 0 Å². The molecular weight excluding hydrogens is 461 g/mol. The molecule has 2 aromatic rings. The number of halogens is 5. The van der Waals surface area contributed by atoms with E-state index in [1.54, 1.807) is 11.8 Å². The molecule has 1 N–H and O–H groups in total. The molecule has 1 fully saturated rings. The molecule has 0 spiro atoms. The second-order valence-electron chi connectivity index (χ2n) is 8.49. The zero-order valence-electron chi connectivity index (χ0n) is 18.0. The second kappa shape index (κ2) is 9.48. The van der Waals surface area contributed by atoms with Crippen LogP contribution < -0.4 is 5.32 Å². The Morgan fingerprint density at radius 1 is 1.09 bits per heavy atom. The molecule has 4 nitrogen and oxygen atoms in total. The van der Waals surface area contributed by atoms with E-state index in [1.807, 2.05) is 0 Å². The van der Waals surface area contributed by atoms with E-state index in [1.165, 1.54) is 25.4 Å². The average molecular weight is 486 g/mol. The van der Waals surface area contributed by atoms with Crippen LogP contribution in [0.4, 0.5) is 27.6 Å². The molecule has 1 aromatic heterocycles. The van der Waals surface area contributed by atoms with Crippen molar-refractivity contribution in [2.45, 2.75) is 43.9 Å². The second-order valence-corrected chi connectivity index (χ2v) is 9.71. The molecule has 178 valence electrons. The third-order valence-electron chi connectivity index (χ3n) is 6.27. The lowest BCUT2D eigenvalue weighted by molar-refractivity contribution is -0.191. The number of fused-ring (bicyclic) bond motifs is 1. The summed E-state index contributed by atoms with van der Waals surface area (Å²) in [5, 5.41) is 3.09. The Kier molecular flexibility index (Phi) is 6.83. The first-order chi connectivity index (χ1) is 15.6. The Labute approximate surface area is 192 Å². The largest absolute Gasteiger partial charge is 0.414 e. The monoisotopic (exact) mass is 485 g/mol. The maximum absolute atomic E-state index is 14.0. The molecule has 2 heterocycles. The fourth-order valence-electron chi connectivity index (χ4n) is 4.58. The van der Waals surface area contributed by atoms with E-state index in [0.717, 1.165) is 28.5 Å². The van der Waals surface area contributed by atoms with Gasteiger partial charge in [0.25, 0.3) is 0 Å². The molecule has 2 aliphatic rings. The van der Waals surface area contributed by atoms with Crippen molar-refractivity contribution in [3.63, 3.8) is 0 Å². The first-order valence-electron chi connectivity index (χ1n) is 10.7. The number of pyridine rings is 1. The van der Waals surface area contributed by atoms with E-state index >= 15 is 0 Å². The van der Waals surface area contributed by atoms with Gasteiger partial charge < -0.3 is 10.2 Å². The normalized spacial score (nSPS) is 18.1. The molecule has 0 radical (unpaired) electrons. The fourth-order valence-corrected chi connectivity index (χ4v) is 5.68. The summed E-state index contributed by atoms with van der Waals surface area (Å²) < 4.78 is 69.7. The number of aromatic nitrogens is 1. The average Bonchev–Trinajstić information content (AvgIpc) is 3.22. The molecule has 1 amide bonds. The number of nitrogens with one attached hydrogen (secondary N) is 1. The first-order valence-corrected chi connectivity index (χ1v) is 11.9. The zero-order chi connectivity index (χ0) is 23.8. The number of benzene rings is 1. The lowest BCUT2D eigenvalue weighted by Crippen LogP contribution is -2.43. The molecule has 1 aliphatic carbocycles. The predicted octanol–water partition coefficient (Wildman–Crippen LogP) is 5.14. The number of hydrogen-bond donors (Lipinski definition) is 1. The summed E-state index contributed by atoms with van der Waals surface area (Å²) in [6, 6.07) is 2.43. The maximum atomic E-state index is 14.0. The number of rotatable bonds is 5. The summed E-state index contributed by atoms with van der Waals surface area (Å²) in [5.74, 6) is -0.347. The molecule has 10 heteroatoms. The number of carbonyl (C=O) groups excluding carboxylic acids is 1. The van der Waals surface area contributed by atoms with Gasteiger partial charge in [0.2, 0.25) is 5.91 Å². The smallest absolute Gasteiger partial charge is 0.380 e. The number of anilines is 1. The number of hydrogen-bond acceptors (Lipinski definition) is 4. The van der Waals surface area contributed by atoms with Crippen LogP contribution in [-0.4, -0.2) is 46.6 Å². The van der Waals surface area contributed by atoms with Crippen LogP contribution in [0.2, 0.25) is 0 Å². The lowest BCUT2D eigenvalue weighted by Gasteiger charge is -2.33. The lowest BCUT2D eigenvalue weighted by atomic mass is 9.99. The van der Waals surface area contributed by atoms with Gasteiger partial charge in [-0.05, 0) is 72.6 Å². The van der Waals surface area contributed by atoms with Crippen LogP contribution in [0.25, 0.3) is 0 Å². The summed E-state index contributed by atoms with van der Waals surface area (Å²) in [6.07, 6.45) is -1.75. The summed E-state index contributed by atoms with van der Waals surface area (Å²) in [4.78, 5) is 17.5. The third kappa shape index (κ3) is 5.10. The predicted molar refractivity (Wildman–Crippen MR) is 117 cm³/mol. The molecule has 1 aromatic carbocycles. The molecule has 33 heavy (non-hydrogen) atoms. The van der Waals surface area contributed by atoms with Crippen molar-refractivity contribution in [3.8, 4) is 0 Å². The van der Waals surface area contributed by atoms with E-state index in [2.05, 4.69) is 10.3 Å². The summed E-state index contributed by atoms with van der Waals surface area (Å²) in [7, 11) is 1.18. The van der Waals surface area contributed by atoms with Crippen LogP contribution in [-0.2, 0) is 17.6 Å². The number of carbonyl (C=O) groups is 1. The molecular formula is C23H24F5N3OS. The van der Waals surface area contributed by atoms with E-state index in [9.17, 15) is 26.7 Å². The molecule has 1 aliphatic heterocycles. The van der Waals surface area contributed by atoms with Crippen LogP contribution in [0.15, 0.2) is 30.5 Å². The molecule has 1 atom stereocenters. The molecule has 4 rings (SSSR count). The molecule has 0 bridgehead atoms. The number of alkyl halides is 3. The number of thioether (sulfide) groups is 1. The Morgan fingerprint density at radius 3 is 2.21 bits per heavy atom. The van der Waals surface area contributed by atoms with Crippen molar-refractivity contribution in [3.05, 3.63) is 58.9 Å². The highest BCUT2D eigenvalue weighted by atomic mass is 32.2. The molecule has 0 saturated carbocycles. The summed E-state index contributed by atoms with van der Waals surface area (Å²) in [6.45, 7) is 0. The topological polar surface area (TPSA) is 45.2 Å². The minimum atomic E-state index is -4.68. The minimum absolute atomic E-state index is 0.267. The standard InChI is InChI=1S/C23H24F5N3OS/c1-31(22(32)13-6-8-33-9-7-13)21(23(26,27)28)20-5-2-14(12-29-20)30-15-10-16-17(11-15)19(25)4-3-18(16)24/h2-5,12-13,15,21,30H,6-11H2,1H3/t21-/m0/s1. The number of nitrogens with zero attached hydrogens (tertiary/aromatic N) is 2. The highest BCUT2D eigenvalue weighted by Gasteiger charge is 2.47. The van der Waals surface area contributed by atoms with Crippen molar-refractivity contribution >= 4 is 23.4 Å². The Bertz CT molecular complexity index is 977. The van der Waals surface area contributed by atoms with Crippen LogP contribution in [0.1, 0.15) is 35.7 Å². The molecule has 1 saturated heterocycles. The Hall–Kier alpha value is -2.36. The van der Waals surface area contributed by atoms with Gasteiger partial charge in [-0.2, -0.15) is 24.9 Å². The van der Waals surface area contributed by atoms with Gasteiger partial charge in [-0.15, -0.1) is 0 Å². The van der Waals surface area contributed by atoms with Crippen LogP contribution in [0, 0.1) is 17.6 Å². The molecule has 0 unspecified atom stereocenters. The first kappa shape index (κ1) is 23.8. The van der Waals surface area contributed by atoms with E-state index in [-0.39, 0.29) is 24.6 Å². The van der Waals surface area contributed by atoms with Gasteiger partial charge >= 0.3 is 6.18 Å². The van der Waals surface area contributed by atoms with Crippen molar-refractivity contribution in [1.29, 1.82) is 0 Å². The van der Waals surface area contributed by atoms with Crippen molar-refractivity contribution in [2.24, 2.45) is 5.92 Å². The van der Waals surface area contributed by atoms with Gasteiger partial charge in [0, 0.05) is 19.0 Å². The summed E-state index contributed by atoms with van der Waals surface area (Å²) in [5.41, 5.74) is 0.795. The highest BCUT2D eigenvalue weighted by molar-refractivity contribution is 7.99. The van der Waals surface area contributed by atoms with Crippen molar-refractivity contribution in [1.82, 2.24) is 9.88 Å². The SMILES string of the molecule is CN(C(=O)C1CCSCC1)[C@@H](c1ccc(NC2Cc3c(F)ccc(F)c3C2)cn1)C(F)(F)F. The van der Waals surface area contributed by atoms with Crippen LogP contribution in [0.5, 0.6) is 0 Å². The van der Waals surface area contributed by atoms with Gasteiger partial charge in [-0.3, -0.25) is 9.78 Å². The highest BCUT2D eigenvalue weighted by Crippen LogP contribution is 2.38. The number of amides is 1. The zero-order valence-corrected chi connectivity index (χ0v) is 18.8. The van der Waals surface area contributed by atoms with Gasteiger partial charge in [0.05, 0.1) is 17.6 Å². The van der Waals surface area contributed by atoms with Crippen molar-refractivity contribution < 1.29 is 26.7 Å². The van der Waals surface area contributed by atoms with Crippen molar-refractivity contribution in [2.75, 3.05) is 23.9 Å². The quantitative estimate of drug-likeness (QED) is 0.596. The van der Waals surface area contributed by atoms with E-state index < -0.39 is 35.7 Å². The van der Waals surface area contributed by atoms with Crippen LogP contribution >= 0.6 is 11.8 Å². The fraction of sp³-hybridized carbons (Fsp3) is 0.478. The Morgan fingerprint density at radius 2 is 1.70 bits per heavy atom. The van der Waals surface area contributed by atoms with Crippen LogP contribution in [0.3, 0.4) is 0 Å². The van der Waals surface area contributed by atoms with Gasteiger partial charge in [0.1, 0.15) is 11.6 Å². The Balaban J connectivity index is 1.47. The summed E-state index contributed by atoms with van der Waals surface area (Å²) >= 11 is 1.70. The van der Waals surface area contributed by atoms with Gasteiger partial charge in [-0.25, -0.2) is 8.78 Å². The maximum Gasteiger partial charge on any atom is 0.414 e. The van der Waals surface area contributed by atoms with E-state index in [0.29, 0.717) is 29.7 Å². The minimum Gasteiger partial charge on any atom is -0.380 e. The van der Waals surface area contributed by atoms with Gasteiger partial charge in [0.15, 0.2) is 6.04 Å². The third-order valence-corrected chi connectivity index (χ3v) is 7.32.